The molecule has 20 heavy (non-hydrogen) atoms. The van der Waals surface area contributed by atoms with Crippen molar-refractivity contribution < 1.29 is 22.3 Å². The Morgan fingerprint density at radius 2 is 1.70 bits per heavy atom. The van der Waals surface area contributed by atoms with E-state index in [1.165, 1.54) is 6.07 Å². The Kier molecular flexibility index (Phi) is 3.21. The zero-order chi connectivity index (χ0) is 14.3. The van der Waals surface area contributed by atoms with E-state index >= 15 is 0 Å². The van der Waals surface area contributed by atoms with Crippen LogP contribution in [-0.4, -0.2) is 19.0 Å². The van der Waals surface area contributed by atoms with Gasteiger partial charge in [-0.05, 0) is 11.4 Å². The molecule has 0 atom stereocenters. The highest BCUT2D eigenvalue weighted by Gasteiger charge is 2.31. The van der Waals surface area contributed by atoms with Gasteiger partial charge in [0.1, 0.15) is 6.61 Å². The van der Waals surface area contributed by atoms with Gasteiger partial charge < -0.3 is 4.74 Å². The molecular formula is C13H7F4NOS. The smallest absolute Gasteiger partial charge is 0.220 e. The molecule has 0 spiro atoms. The van der Waals surface area contributed by atoms with Crippen LogP contribution in [0.15, 0.2) is 22.5 Å². The number of aliphatic imine (C=N–C) groups is 1. The van der Waals surface area contributed by atoms with Crippen molar-refractivity contribution in [3.8, 4) is 10.4 Å². The van der Waals surface area contributed by atoms with Crippen molar-refractivity contribution in [3.05, 3.63) is 46.3 Å². The number of benzene rings is 1. The summed E-state index contributed by atoms with van der Waals surface area (Å²) in [7, 11) is 0. The standard InChI is InChI=1S/C13H7F4NOS/c14-9-7(6-2-1-5-20-6)8(13-18-3-4-19-13)10(15)12(17)11(9)16/h1-2,5H,3-4H2. The van der Waals surface area contributed by atoms with Gasteiger partial charge in [0.15, 0.2) is 23.3 Å². The SMILES string of the molecule is Fc1c(F)c(F)c(-c2cccs2)c(C2=NCCO2)c1F. The topological polar surface area (TPSA) is 21.6 Å². The Morgan fingerprint density at radius 3 is 2.25 bits per heavy atom. The van der Waals surface area contributed by atoms with Gasteiger partial charge in [-0.15, -0.1) is 11.3 Å². The summed E-state index contributed by atoms with van der Waals surface area (Å²) in [5.41, 5.74) is -0.835. The molecule has 1 aliphatic rings. The summed E-state index contributed by atoms with van der Waals surface area (Å²) < 4.78 is 60.0. The van der Waals surface area contributed by atoms with Crippen molar-refractivity contribution in [2.75, 3.05) is 13.2 Å². The molecule has 2 heterocycles. The van der Waals surface area contributed by atoms with Gasteiger partial charge >= 0.3 is 0 Å². The first kappa shape index (κ1) is 13.1. The highest BCUT2D eigenvalue weighted by atomic mass is 32.1. The second-order valence-corrected chi connectivity index (χ2v) is 4.97. The molecule has 1 aromatic carbocycles. The number of rotatable bonds is 2. The number of nitrogens with zero attached hydrogens (tertiary/aromatic N) is 1. The van der Waals surface area contributed by atoms with Crippen LogP contribution in [0.3, 0.4) is 0 Å². The first-order valence-electron chi connectivity index (χ1n) is 5.68. The van der Waals surface area contributed by atoms with Gasteiger partial charge in [0, 0.05) is 10.4 Å². The minimum atomic E-state index is -1.86. The third kappa shape index (κ3) is 1.89. The zero-order valence-electron chi connectivity index (χ0n) is 9.92. The molecule has 7 heteroatoms. The van der Waals surface area contributed by atoms with E-state index in [0.717, 1.165) is 11.3 Å². The van der Waals surface area contributed by atoms with Crippen molar-refractivity contribution in [2.45, 2.75) is 0 Å². The van der Waals surface area contributed by atoms with Crippen LogP contribution < -0.4 is 0 Å². The number of ether oxygens (including phenoxy) is 1. The lowest BCUT2D eigenvalue weighted by Crippen LogP contribution is -2.12. The van der Waals surface area contributed by atoms with Crippen LogP contribution in [0.1, 0.15) is 5.56 Å². The van der Waals surface area contributed by atoms with Crippen LogP contribution in [-0.2, 0) is 4.74 Å². The Labute approximate surface area is 115 Å². The molecule has 1 aromatic heterocycles. The summed E-state index contributed by atoms with van der Waals surface area (Å²) in [6.07, 6.45) is 0. The summed E-state index contributed by atoms with van der Waals surface area (Å²) in [6.45, 7) is 0.457. The fourth-order valence-corrected chi connectivity index (χ4v) is 2.74. The molecule has 0 N–H and O–H groups in total. The summed E-state index contributed by atoms with van der Waals surface area (Å²) >= 11 is 1.08. The van der Waals surface area contributed by atoms with Crippen LogP contribution in [0, 0.1) is 23.3 Å². The van der Waals surface area contributed by atoms with Crippen molar-refractivity contribution >= 4 is 17.2 Å². The molecule has 0 aliphatic carbocycles. The van der Waals surface area contributed by atoms with E-state index in [-0.39, 0.29) is 29.5 Å². The lowest BCUT2D eigenvalue weighted by molar-refractivity contribution is 0.344. The lowest BCUT2D eigenvalue weighted by atomic mass is 10.0. The van der Waals surface area contributed by atoms with E-state index in [1.54, 1.807) is 11.4 Å². The average molecular weight is 301 g/mol. The molecule has 104 valence electrons. The van der Waals surface area contributed by atoms with Gasteiger partial charge in [-0.25, -0.2) is 22.6 Å². The summed E-state index contributed by atoms with van der Waals surface area (Å²) in [5.74, 6) is -6.85. The number of hydrogen-bond acceptors (Lipinski definition) is 3. The molecule has 3 rings (SSSR count). The molecule has 0 radical (unpaired) electrons. The van der Waals surface area contributed by atoms with Crippen molar-refractivity contribution in [1.29, 1.82) is 0 Å². The van der Waals surface area contributed by atoms with E-state index in [4.69, 9.17) is 4.74 Å². The molecule has 0 amide bonds. The largest absolute Gasteiger partial charge is 0.475 e. The maximum Gasteiger partial charge on any atom is 0.220 e. The summed E-state index contributed by atoms with van der Waals surface area (Å²) in [6, 6.07) is 3.08. The zero-order valence-corrected chi connectivity index (χ0v) is 10.7. The summed E-state index contributed by atoms with van der Waals surface area (Å²) in [4.78, 5) is 4.12. The van der Waals surface area contributed by atoms with Crippen LogP contribution in [0.5, 0.6) is 0 Å². The number of halogens is 4. The van der Waals surface area contributed by atoms with Gasteiger partial charge in [-0.2, -0.15) is 0 Å². The maximum absolute atomic E-state index is 14.0. The average Bonchev–Trinajstić information content (AvgIpc) is 3.12. The number of thiophene rings is 1. The molecule has 0 saturated heterocycles. The Bertz CT molecular complexity index is 697. The van der Waals surface area contributed by atoms with E-state index in [1.807, 2.05) is 0 Å². The van der Waals surface area contributed by atoms with E-state index < -0.39 is 28.8 Å². The normalized spacial score (nSPS) is 14.3. The van der Waals surface area contributed by atoms with Gasteiger partial charge in [-0.1, -0.05) is 6.07 Å². The Hall–Kier alpha value is -1.89. The van der Waals surface area contributed by atoms with Crippen LogP contribution in [0.25, 0.3) is 10.4 Å². The molecule has 0 bridgehead atoms. The van der Waals surface area contributed by atoms with Crippen molar-refractivity contribution in [2.24, 2.45) is 4.99 Å². The van der Waals surface area contributed by atoms with E-state index in [2.05, 4.69) is 4.99 Å². The third-order valence-electron chi connectivity index (χ3n) is 2.83. The highest BCUT2D eigenvalue weighted by Crippen LogP contribution is 2.36. The second-order valence-electron chi connectivity index (χ2n) is 4.02. The maximum atomic E-state index is 14.0. The van der Waals surface area contributed by atoms with E-state index in [0.29, 0.717) is 0 Å². The van der Waals surface area contributed by atoms with Crippen molar-refractivity contribution in [3.63, 3.8) is 0 Å². The predicted octanol–water partition coefficient (Wildman–Crippen LogP) is 3.75. The minimum Gasteiger partial charge on any atom is -0.475 e. The minimum absolute atomic E-state index is 0.194. The summed E-state index contributed by atoms with van der Waals surface area (Å²) in [5, 5.41) is 1.62. The third-order valence-corrected chi connectivity index (χ3v) is 3.72. The van der Waals surface area contributed by atoms with Gasteiger partial charge in [0.25, 0.3) is 0 Å². The molecule has 0 saturated carbocycles. The number of hydrogen-bond donors (Lipinski definition) is 0. The molecule has 2 nitrogen and oxygen atoms in total. The molecular weight excluding hydrogens is 294 g/mol. The molecule has 1 aliphatic heterocycles. The molecule has 0 unspecified atom stereocenters. The fraction of sp³-hybridized carbons (Fsp3) is 0.154. The van der Waals surface area contributed by atoms with Gasteiger partial charge in [0.05, 0.1) is 12.1 Å². The Balaban J connectivity index is 2.36. The first-order chi connectivity index (χ1) is 9.61. The Morgan fingerprint density at radius 1 is 1.00 bits per heavy atom. The van der Waals surface area contributed by atoms with Gasteiger partial charge in [0.2, 0.25) is 5.90 Å². The first-order valence-corrected chi connectivity index (χ1v) is 6.56. The molecule has 2 aromatic rings. The van der Waals surface area contributed by atoms with Crippen LogP contribution in [0.2, 0.25) is 0 Å². The van der Waals surface area contributed by atoms with Crippen LogP contribution in [0.4, 0.5) is 17.6 Å². The fourth-order valence-electron chi connectivity index (χ4n) is 1.97. The second kappa shape index (κ2) is 4.90. The highest BCUT2D eigenvalue weighted by molar-refractivity contribution is 7.13. The predicted molar refractivity (Wildman–Crippen MR) is 66.9 cm³/mol. The monoisotopic (exact) mass is 301 g/mol. The van der Waals surface area contributed by atoms with E-state index in [9.17, 15) is 17.6 Å². The quantitative estimate of drug-likeness (QED) is 0.470. The lowest BCUT2D eigenvalue weighted by Gasteiger charge is -2.12. The van der Waals surface area contributed by atoms with Gasteiger partial charge in [-0.3, -0.25) is 0 Å². The van der Waals surface area contributed by atoms with Crippen LogP contribution >= 0.6 is 11.3 Å². The molecule has 0 fully saturated rings. The van der Waals surface area contributed by atoms with Crippen molar-refractivity contribution in [1.82, 2.24) is 0 Å².